The molecular formula is C29H33F3N2O4. The zero-order valence-corrected chi connectivity index (χ0v) is 21.6. The van der Waals surface area contributed by atoms with Crippen molar-refractivity contribution in [2.24, 2.45) is 5.41 Å². The van der Waals surface area contributed by atoms with Gasteiger partial charge in [0.25, 0.3) is 0 Å². The molecule has 0 bridgehead atoms. The summed E-state index contributed by atoms with van der Waals surface area (Å²) in [6.07, 6.45) is 3.39. The van der Waals surface area contributed by atoms with E-state index in [1.54, 1.807) is 13.3 Å². The van der Waals surface area contributed by atoms with E-state index < -0.39 is 34.9 Å². The lowest BCUT2D eigenvalue weighted by Gasteiger charge is -2.39. The van der Waals surface area contributed by atoms with Gasteiger partial charge < -0.3 is 19.8 Å². The Morgan fingerprint density at radius 3 is 2.47 bits per heavy atom. The molecule has 9 heteroatoms. The monoisotopic (exact) mass is 530 g/mol. The Hall–Kier alpha value is -3.17. The van der Waals surface area contributed by atoms with Gasteiger partial charge in [0, 0.05) is 11.6 Å². The number of aliphatic hydroxyl groups is 1. The predicted octanol–water partition coefficient (Wildman–Crippen LogP) is 5.58. The fraction of sp³-hybridized carbons (Fsp3) is 0.448. The lowest BCUT2D eigenvalue weighted by atomic mass is 9.73. The normalized spacial score (nSPS) is 16.5. The number of carboxylic acids is 1. The van der Waals surface area contributed by atoms with Crippen LogP contribution >= 0.6 is 0 Å². The van der Waals surface area contributed by atoms with Crippen molar-refractivity contribution in [1.82, 2.24) is 9.88 Å². The van der Waals surface area contributed by atoms with E-state index in [2.05, 4.69) is 9.88 Å². The number of nitrogens with zero attached hydrogens (tertiary/aromatic N) is 2. The average Bonchev–Trinajstić information content (AvgIpc) is 2.90. The van der Waals surface area contributed by atoms with Crippen LogP contribution in [0, 0.1) is 29.8 Å². The van der Waals surface area contributed by atoms with Gasteiger partial charge in [-0.1, -0.05) is 0 Å². The summed E-state index contributed by atoms with van der Waals surface area (Å²) in [6, 6.07) is 7.51. The first kappa shape index (κ1) is 27.9. The third-order valence-corrected chi connectivity index (χ3v) is 7.80. The number of piperidine rings is 1. The molecule has 1 saturated heterocycles. The van der Waals surface area contributed by atoms with Gasteiger partial charge in [0.1, 0.15) is 5.75 Å². The smallest absolute Gasteiger partial charge is 0.309 e. The van der Waals surface area contributed by atoms with E-state index in [9.17, 15) is 28.2 Å². The third kappa shape index (κ3) is 5.94. The molecule has 2 heterocycles. The molecule has 1 fully saturated rings. The molecule has 0 unspecified atom stereocenters. The Labute approximate surface area is 220 Å². The summed E-state index contributed by atoms with van der Waals surface area (Å²) in [5, 5.41) is 22.1. The van der Waals surface area contributed by atoms with Gasteiger partial charge in [-0.2, -0.15) is 0 Å². The lowest BCUT2D eigenvalue weighted by Crippen LogP contribution is -2.44. The molecule has 4 rings (SSSR count). The van der Waals surface area contributed by atoms with Gasteiger partial charge in [-0.25, -0.2) is 13.2 Å². The van der Waals surface area contributed by atoms with E-state index in [1.165, 1.54) is 0 Å². The predicted molar refractivity (Wildman–Crippen MR) is 138 cm³/mol. The molecule has 0 saturated carbocycles. The molecule has 0 amide bonds. The number of rotatable bonds is 10. The van der Waals surface area contributed by atoms with Crippen molar-refractivity contribution >= 4 is 16.9 Å². The van der Waals surface area contributed by atoms with E-state index >= 15 is 0 Å². The SMILES string of the molecule is COc1ccc2ncc(C)c([C@H](O)CCC3(C(=O)O)CCN(CCCc4cc(F)c(F)c(F)c4)CC3)c2c1. The lowest BCUT2D eigenvalue weighted by molar-refractivity contribution is -0.153. The number of benzene rings is 2. The summed E-state index contributed by atoms with van der Waals surface area (Å²) < 4.78 is 45.4. The van der Waals surface area contributed by atoms with Gasteiger partial charge in [0.15, 0.2) is 17.5 Å². The summed E-state index contributed by atoms with van der Waals surface area (Å²) in [5.74, 6) is -4.06. The molecular weight excluding hydrogens is 497 g/mol. The number of carboxylic acid groups (broad SMARTS) is 1. The second kappa shape index (κ2) is 11.7. The van der Waals surface area contributed by atoms with Crippen LogP contribution in [0.15, 0.2) is 36.5 Å². The van der Waals surface area contributed by atoms with Gasteiger partial charge in [0.2, 0.25) is 0 Å². The first-order chi connectivity index (χ1) is 18.1. The van der Waals surface area contributed by atoms with Gasteiger partial charge in [-0.3, -0.25) is 9.78 Å². The van der Waals surface area contributed by atoms with Crippen LogP contribution in [0.3, 0.4) is 0 Å². The first-order valence-corrected chi connectivity index (χ1v) is 12.8. The van der Waals surface area contributed by atoms with Gasteiger partial charge in [-0.15, -0.1) is 0 Å². The number of halogens is 3. The number of aliphatic carboxylic acids is 1. The van der Waals surface area contributed by atoms with Crippen molar-refractivity contribution in [1.29, 1.82) is 0 Å². The van der Waals surface area contributed by atoms with E-state index in [-0.39, 0.29) is 0 Å². The highest BCUT2D eigenvalue weighted by Crippen LogP contribution is 2.40. The summed E-state index contributed by atoms with van der Waals surface area (Å²) in [5.41, 5.74) is 1.76. The molecule has 6 nitrogen and oxygen atoms in total. The van der Waals surface area contributed by atoms with E-state index in [0.717, 1.165) is 34.2 Å². The molecule has 38 heavy (non-hydrogen) atoms. The van der Waals surface area contributed by atoms with Crippen LogP contribution in [0.5, 0.6) is 5.75 Å². The topological polar surface area (TPSA) is 82.9 Å². The number of fused-ring (bicyclic) bond motifs is 1. The quantitative estimate of drug-likeness (QED) is 0.333. The maximum absolute atomic E-state index is 13.4. The molecule has 1 aliphatic rings. The minimum absolute atomic E-state index is 0.297. The molecule has 0 radical (unpaired) electrons. The van der Waals surface area contributed by atoms with Crippen LogP contribution in [0.4, 0.5) is 13.2 Å². The highest BCUT2D eigenvalue weighted by molar-refractivity contribution is 5.85. The Kier molecular flexibility index (Phi) is 8.57. The number of hydrogen-bond donors (Lipinski definition) is 2. The molecule has 3 aromatic rings. The highest BCUT2D eigenvalue weighted by atomic mass is 19.2. The molecule has 0 aliphatic carbocycles. The first-order valence-electron chi connectivity index (χ1n) is 12.8. The van der Waals surface area contributed by atoms with Crippen LogP contribution < -0.4 is 4.74 Å². The summed E-state index contributed by atoms with van der Waals surface area (Å²) in [6.45, 7) is 3.67. The molecule has 2 aromatic carbocycles. The minimum atomic E-state index is -1.47. The Balaban J connectivity index is 1.36. The van der Waals surface area contributed by atoms with Crippen molar-refractivity contribution in [3.63, 3.8) is 0 Å². The number of hydrogen-bond acceptors (Lipinski definition) is 5. The third-order valence-electron chi connectivity index (χ3n) is 7.80. The number of pyridine rings is 1. The van der Waals surface area contributed by atoms with Crippen molar-refractivity contribution in [2.45, 2.75) is 51.6 Å². The number of aryl methyl sites for hydroxylation is 2. The van der Waals surface area contributed by atoms with Crippen molar-refractivity contribution in [3.8, 4) is 5.75 Å². The highest BCUT2D eigenvalue weighted by Gasteiger charge is 2.41. The maximum Gasteiger partial charge on any atom is 0.309 e. The zero-order chi connectivity index (χ0) is 27.4. The summed E-state index contributed by atoms with van der Waals surface area (Å²) in [4.78, 5) is 18.9. The largest absolute Gasteiger partial charge is 0.497 e. The van der Waals surface area contributed by atoms with E-state index in [1.807, 2.05) is 25.1 Å². The number of aromatic nitrogens is 1. The minimum Gasteiger partial charge on any atom is -0.497 e. The molecule has 1 atom stereocenters. The molecule has 0 spiro atoms. The number of ether oxygens (including phenoxy) is 1. The Morgan fingerprint density at radius 1 is 1.16 bits per heavy atom. The molecule has 2 N–H and O–H groups in total. The zero-order valence-electron chi connectivity index (χ0n) is 21.6. The fourth-order valence-corrected chi connectivity index (χ4v) is 5.45. The van der Waals surface area contributed by atoms with Gasteiger partial charge >= 0.3 is 5.97 Å². The second-order valence-corrected chi connectivity index (χ2v) is 10.2. The van der Waals surface area contributed by atoms with E-state index in [4.69, 9.17) is 4.74 Å². The number of likely N-dealkylation sites (tertiary alicyclic amines) is 1. The van der Waals surface area contributed by atoms with E-state index in [0.29, 0.717) is 69.5 Å². The summed E-state index contributed by atoms with van der Waals surface area (Å²) >= 11 is 0. The Morgan fingerprint density at radius 2 is 1.84 bits per heavy atom. The van der Waals surface area contributed by atoms with Crippen molar-refractivity contribution < 1.29 is 32.9 Å². The van der Waals surface area contributed by atoms with Crippen LogP contribution in [-0.2, 0) is 11.2 Å². The second-order valence-electron chi connectivity index (χ2n) is 10.2. The maximum atomic E-state index is 13.4. The molecule has 1 aliphatic heterocycles. The van der Waals surface area contributed by atoms with Crippen LogP contribution in [-0.4, -0.2) is 52.8 Å². The number of methoxy groups -OCH3 is 1. The van der Waals surface area contributed by atoms with Gasteiger partial charge in [-0.05, 0) is 112 Å². The van der Waals surface area contributed by atoms with Crippen LogP contribution in [0.1, 0.15) is 54.9 Å². The standard InChI is InChI=1S/C29H33F3N2O4/c1-18-17-33-24-6-5-20(38-2)16-21(24)26(18)25(35)7-8-29(28(36)37)9-12-34(13-10-29)11-3-4-19-14-22(30)27(32)23(31)15-19/h5-6,14-17,25,35H,3-4,7-13H2,1-2H3,(H,36,37)/t25-/m1/s1. The van der Waals surface area contributed by atoms with Gasteiger partial charge in [0.05, 0.1) is 24.1 Å². The molecule has 1 aromatic heterocycles. The Bertz CT molecular complexity index is 1290. The summed E-state index contributed by atoms with van der Waals surface area (Å²) in [7, 11) is 1.58. The van der Waals surface area contributed by atoms with Crippen LogP contribution in [0.2, 0.25) is 0 Å². The average molecular weight is 531 g/mol. The van der Waals surface area contributed by atoms with Crippen LogP contribution in [0.25, 0.3) is 10.9 Å². The van der Waals surface area contributed by atoms with Crippen molar-refractivity contribution in [2.75, 3.05) is 26.7 Å². The number of aliphatic hydroxyl groups excluding tert-OH is 1. The number of carbonyl (C=O) groups is 1. The molecule has 204 valence electrons. The van der Waals surface area contributed by atoms with Crippen molar-refractivity contribution in [3.05, 3.63) is 70.7 Å². The fourth-order valence-electron chi connectivity index (χ4n) is 5.45.